The van der Waals surface area contributed by atoms with Gasteiger partial charge in [0.1, 0.15) is 5.82 Å². The second kappa shape index (κ2) is 1.10. The van der Waals surface area contributed by atoms with Crippen LogP contribution < -0.4 is 0 Å². The van der Waals surface area contributed by atoms with Gasteiger partial charge >= 0.3 is 0 Å². The molecule has 2 heteroatoms. The van der Waals surface area contributed by atoms with Crippen molar-refractivity contribution < 1.29 is 4.39 Å². The van der Waals surface area contributed by atoms with E-state index in [1.54, 1.807) is 6.07 Å². The molecule has 0 aliphatic carbocycles. The zero-order chi connectivity index (χ0) is 6.72. The van der Waals surface area contributed by atoms with Gasteiger partial charge in [-0.1, -0.05) is 0 Å². The largest absolute Gasteiger partial charge is 0.312 e. The smallest absolute Gasteiger partial charge is 0.125 e. The average Bonchev–Trinajstić information content (AvgIpc) is 2.60. The molecule has 0 saturated carbocycles. The molecule has 0 amide bonds. The Balaban J connectivity index is 2.55. The normalized spacial score (nSPS) is 12.5. The minimum Gasteiger partial charge on any atom is -0.312 e. The first-order valence-electron chi connectivity index (χ1n) is 3.17. The fraction of sp³-hybridized carbons (Fsp3) is 0. The number of fused-ring (bicyclic) bond motifs is 4. The van der Waals surface area contributed by atoms with Gasteiger partial charge in [-0.25, -0.2) is 4.39 Å². The van der Waals surface area contributed by atoms with Crippen LogP contribution in [-0.4, -0.2) is 4.57 Å². The van der Waals surface area contributed by atoms with Crippen molar-refractivity contribution in [2.24, 2.45) is 0 Å². The summed E-state index contributed by atoms with van der Waals surface area (Å²) in [6.07, 6.45) is 2.00. The molecule has 3 rings (SSSR count). The van der Waals surface area contributed by atoms with Crippen LogP contribution in [0, 0.1) is 5.82 Å². The van der Waals surface area contributed by atoms with Crippen LogP contribution in [0.5, 0.6) is 0 Å². The fourth-order valence-corrected chi connectivity index (χ4v) is 1.36. The Morgan fingerprint density at radius 1 is 1.30 bits per heavy atom. The van der Waals surface area contributed by atoms with Crippen molar-refractivity contribution in [2.75, 3.05) is 0 Å². The summed E-state index contributed by atoms with van der Waals surface area (Å²) in [5.41, 5.74) is 2.25. The summed E-state index contributed by atoms with van der Waals surface area (Å²) in [4.78, 5) is 0. The molecule has 48 valence electrons. The number of hydrogen-bond acceptors (Lipinski definition) is 0. The van der Waals surface area contributed by atoms with Gasteiger partial charge < -0.3 is 4.57 Å². The number of benzene rings is 1. The zero-order valence-corrected chi connectivity index (χ0v) is 5.13. The molecular weight excluding hydrogens is 129 g/mol. The van der Waals surface area contributed by atoms with Crippen molar-refractivity contribution in [3.05, 3.63) is 30.2 Å². The molecule has 2 heterocycles. The molecular formula is C8H4FN. The highest BCUT2D eigenvalue weighted by Gasteiger charge is 2.21. The van der Waals surface area contributed by atoms with E-state index >= 15 is 0 Å². The monoisotopic (exact) mass is 133 g/mol. The number of hydrogen-bond donors (Lipinski definition) is 0. The third-order valence-corrected chi connectivity index (χ3v) is 1.94. The molecule has 0 fully saturated rings. The van der Waals surface area contributed by atoms with Crippen LogP contribution in [0.25, 0.3) is 16.6 Å². The first-order valence-corrected chi connectivity index (χ1v) is 3.17. The summed E-state index contributed by atoms with van der Waals surface area (Å²) in [6, 6.07) is 4.87. The number of nitrogens with zero attached hydrogens (tertiary/aromatic N) is 1. The van der Waals surface area contributed by atoms with Crippen molar-refractivity contribution >= 4 is 10.9 Å². The lowest BCUT2D eigenvalue weighted by Crippen LogP contribution is -1.87. The summed E-state index contributed by atoms with van der Waals surface area (Å²) < 4.78 is 14.5. The van der Waals surface area contributed by atoms with E-state index < -0.39 is 0 Å². The van der Waals surface area contributed by atoms with Gasteiger partial charge in [-0.05, 0) is 18.2 Å². The average molecular weight is 133 g/mol. The fourth-order valence-electron chi connectivity index (χ4n) is 1.36. The third kappa shape index (κ3) is 0.328. The minimum atomic E-state index is -0.155. The van der Waals surface area contributed by atoms with Crippen molar-refractivity contribution in [1.82, 2.24) is 4.57 Å². The van der Waals surface area contributed by atoms with Crippen molar-refractivity contribution in [2.45, 2.75) is 0 Å². The first-order chi connectivity index (χ1) is 4.86. The Hall–Kier alpha value is -1.31. The molecule has 0 radical (unpaired) electrons. The predicted molar refractivity (Wildman–Crippen MR) is 36.8 cm³/mol. The highest BCUT2D eigenvalue weighted by atomic mass is 19.1. The maximum absolute atomic E-state index is 12.5. The minimum absolute atomic E-state index is 0.155. The molecule has 0 atom stereocenters. The van der Waals surface area contributed by atoms with E-state index in [4.69, 9.17) is 0 Å². The van der Waals surface area contributed by atoms with Gasteiger partial charge in [-0.3, -0.25) is 0 Å². The number of rotatable bonds is 0. The summed E-state index contributed by atoms with van der Waals surface area (Å²) >= 11 is 0. The molecule has 2 aliphatic rings. The van der Waals surface area contributed by atoms with Gasteiger partial charge in [0.05, 0.1) is 11.2 Å². The molecule has 1 nitrogen and oxygen atoms in total. The van der Waals surface area contributed by atoms with Crippen LogP contribution in [-0.2, 0) is 0 Å². The highest BCUT2D eigenvalue weighted by Crippen LogP contribution is 2.38. The summed E-state index contributed by atoms with van der Waals surface area (Å²) in [7, 11) is 0. The van der Waals surface area contributed by atoms with Crippen LogP contribution >= 0.6 is 0 Å². The number of aromatic nitrogens is 1. The molecule has 10 heavy (non-hydrogen) atoms. The molecule has 1 aromatic rings. The van der Waals surface area contributed by atoms with E-state index in [-0.39, 0.29) is 5.82 Å². The van der Waals surface area contributed by atoms with Gasteiger partial charge in [0.25, 0.3) is 0 Å². The lowest BCUT2D eigenvalue weighted by Gasteiger charge is -2.03. The number of halogens is 1. The Labute approximate surface area is 56.7 Å². The Kier molecular flexibility index (Phi) is 0.495. The van der Waals surface area contributed by atoms with E-state index in [0.717, 1.165) is 5.52 Å². The van der Waals surface area contributed by atoms with E-state index in [1.807, 2.05) is 16.8 Å². The SMILES string of the molecule is Fc1ccc2c3cn-3c2c1. The van der Waals surface area contributed by atoms with E-state index in [1.165, 1.54) is 17.1 Å². The van der Waals surface area contributed by atoms with Gasteiger partial charge in [0.2, 0.25) is 0 Å². The van der Waals surface area contributed by atoms with Gasteiger partial charge in [0, 0.05) is 11.6 Å². The topological polar surface area (TPSA) is 4.93 Å². The third-order valence-electron chi connectivity index (χ3n) is 1.94. The second-order valence-electron chi connectivity index (χ2n) is 2.55. The molecule has 1 aromatic carbocycles. The Morgan fingerprint density at radius 3 is 3.10 bits per heavy atom. The van der Waals surface area contributed by atoms with Gasteiger partial charge in [-0.2, -0.15) is 0 Å². The molecule has 0 bridgehead atoms. The molecule has 0 aromatic heterocycles. The highest BCUT2D eigenvalue weighted by molar-refractivity contribution is 6.00. The molecule has 0 spiro atoms. The van der Waals surface area contributed by atoms with Crippen LogP contribution in [0.2, 0.25) is 0 Å². The van der Waals surface area contributed by atoms with Crippen LogP contribution in [0.3, 0.4) is 0 Å². The zero-order valence-electron chi connectivity index (χ0n) is 5.13. The molecule has 0 saturated heterocycles. The van der Waals surface area contributed by atoms with Crippen molar-refractivity contribution in [3.63, 3.8) is 0 Å². The summed E-state index contributed by atoms with van der Waals surface area (Å²) in [5, 5.41) is 1.18. The van der Waals surface area contributed by atoms with E-state index in [9.17, 15) is 4.39 Å². The van der Waals surface area contributed by atoms with E-state index in [0.29, 0.717) is 0 Å². The summed E-state index contributed by atoms with van der Waals surface area (Å²) in [5.74, 6) is -0.155. The van der Waals surface area contributed by atoms with Crippen LogP contribution in [0.15, 0.2) is 24.4 Å². The van der Waals surface area contributed by atoms with Crippen LogP contribution in [0.1, 0.15) is 0 Å². The van der Waals surface area contributed by atoms with Crippen molar-refractivity contribution in [3.8, 4) is 5.69 Å². The predicted octanol–water partition coefficient (Wildman–Crippen LogP) is 2.08. The van der Waals surface area contributed by atoms with E-state index in [2.05, 4.69) is 0 Å². The maximum Gasteiger partial charge on any atom is 0.125 e. The molecule has 2 aliphatic heterocycles. The standard InChI is InChI=1S/C8H4FN/c9-5-1-2-6-7(3-5)10-4-8(6)10/h1-4H. The Bertz CT molecular complexity index is 428. The van der Waals surface area contributed by atoms with Gasteiger partial charge in [0.15, 0.2) is 0 Å². The lowest BCUT2D eigenvalue weighted by atomic mass is 10.2. The second-order valence-corrected chi connectivity index (χ2v) is 2.55. The molecule has 0 unspecified atom stereocenters. The lowest BCUT2D eigenvalue weighted by molar-refractivity contribution is 0.629. The van der Waals surface area contributed by atoms with Crippen LogP contribution in [0.4, 0.5) is 4.39 Å². The maximum atomic E-state index is 12.5. The summed E-state index contributed by atoms with van der Waals surface area (Å²) in [6.45, 7) is 0. The molecule has 0 N–H and O–H groups in total. The quantitative estimate of drug-likeness (QED) is 0.442. The van der Waals surface area contributed by atoms with Crippen molar-refractivity contribution in [1.29, 1.82) is 0 Å². The Morgan fingerprint density at radius 2 is 2.20 bits per heavy atom. The first kappa shape index (κ1) is 4.50. The van der Waals surface area contributed by atoms with Gasteiger partial charge in [-0.15, -0.1) is 0 Å².